The van der Waals surface area contributed by atoms with Crippen molar-refractivity contribution in [1.82, 2.24) is 5.32 Å². The first-order valence-electron chi connectivity index (χ1n) is 5.05. The fraction of sp³-hybridized carbons (Fsp3) is 0.364. The van der Waals surface area contributed by atoms with Crippen molar-refractivity contribution in [2.45, 2.75) is 11.4 Å². The van der Waals surface area contributed by atoms with Crippen LogP contribution < -0.4 is 10.1 Å². The highest BCUT2D eigenvalue weighted by Gasteiger charge is 2.31. The average Bonchev–Trinajstić information content (AvgIpc) is 2.78. The minimum absolute atomic E-state index is 0.0384. The van der Waals surface area contributed by atoms with Gasteiger partial charge in [-0.05, 0) is 18.2 Å². The molecule has 1 aliphatic rings. The number of nitrogens with one attached hydrogen (secondary N) is 1. The van der Waals surface area contributed by atoms with E-state index in [4.69, 9.17) is 9.84 Å². The highest BCUT2D eigenvalue weighted by atomic mass is 79.9. The van der Waals surface area contributed by atoms with Gasteiger partial charge in [-0.15, -0.1) is 11.8 Å². The molecular formula is C11H12BrNO3S. The van der Waals surface area contributed by atoms with E-state index in [1.165, 1.54) is 0 Å². The maximum absolute atomic E-state index is 10.9. The van der Waals surface area contributed by atoms with E-state index in [1.54, 1.807) is 18.9 Å². The molecule has 0 spiro atoms. The van der Waals surface area contributed by atoms with Gasteiger partial charge in [-0.25, -0.2) is 0 Å². The summed E-state index contributed by atoms with van der Waals surface area (Å²) in [7, 11) is 1.61. The fourth-order valence-corrected chi connectivity index (χ4v) is 3.33. The lowest BCUT2D eigenvalue weighted by atomic mass is 10.2. The second kappa shape index (κ2) is 5.29. The molecule has 1 aromatic carbocycles. The lowest BCUT2D eigenvalue weighted by Crippen LogP contribution is -2.33. The number of hydrogen-bond donors (Lipinski definition) is 2. The molecule has 0 radical (unpaired) electrons. The third kappa shape index (κ3) is 2.75. The van der Waals surface area contributed by atoms with Gasteiger partial charge in [0.1, 0.15) is 11.8 Å². The first-order chi connectivity index (χ1) is 8.11. The molecule has 1 saturated heterocycles. The number of carbonyl (C=O) groups is 1. The topological polar surface area (TPSA) is 58.6 Å². The lowest BCUT2D eigenvalue weighted by molar-refractivity contribution is -0.138. The molecular weight excluding hydrogens is 306 g/mol. The molecule has 17 heavy (non-hydrogen) atoms. The van der Waals surface area contributed by atoms with Crippen LogP contribution in [0.3, 0.4) is 0 Å². The minimum atomic E-state index is -0.811. The molecule has 2 N–H and O–H groups in total. The van der Waals surface area contributed by atoms with Crippen LogP contribution >= 0.6 is 27.7 Å². The maximum atomic E-state index is 10.9. The summed E-state index contributed by atoms with van der Waals surface area (Å²) in [5.41, 5.74) is 0.968. The van der Waals surface area contributed by atoms with Crippen LogP contribution in [0.4, 0.5) is 0 Å². The van der Waals surface area contributed by atoms with E-state index in [0.29, 0.717) is 5.75 Å². The molecule has 1 fully saturated rings. The summed E-state index contributed by atoms with van der Waals surface area (Å²) in [5.74, 6) is 0.522. The Morgan fingerprint density at radius 1 is 1.65 bits per heavy atom. The van der Waals surface area contributed by atoms with Crippen LogP contribution in [-0.4, -0.2) is 30.0 Å². The van der Waals surface area contributed by atoms with Crippen LogP contribution in [-0.2, 0) is 4.79 Å². The molecule has 1 aliphatic heterocycles. The van der Waals surface area contributed by atoms with E-state index >= 15 is 0 Å². The Morgan fingerprint density at radius 3 is 3.00 bits per heavy atom. The predicted molar refractivity (Wildman–Crippen MR) is 70.5 cm³/mol. The standard InChI is InChI=1S/C11H12BrNO3S/c1-16-9-3-2-6(12)4-7(9)10-13-8(5-17-10)11(14)15/h2-4,8,10,13H,5H2,1H3,(H,14,15)/t8-,10-/m1/s1. The van der Waals surface area contributed by atoms with Crippen LogP contribution in [0.2, 0.25) is 0 Å². The molecule has 1 aromatic rings. The van der Waals surface area contributed by atoms with Crippen molar-refractivity contribution in [3.63, 3.8) is 0 Å². The molecule has 0 amide bonds. The normalized spacial score (nSPS) is 23.6. The number of benzene rings is 1. The van der Waals surface area contributed by atoms with E-state index < -0.39 is 12.0 Å². The van der Waals surface area contributed by atoms with Gasteiger partial charge >= 0.3 is 5.97 Å². The summed E-state index contributed by atoms with van der Waals surface area (Å²) >= 11 is 4.99. The smallest absolute Gasteiger partial charge is 0.321 e. The van der Waals surface area contributed by atoms with Gasteiger partial charge in [-0.2, -0.15) is 0 Å². The number of ether oxygens (including phenoxy) is 1. The minimum Gasteiger partial charge on any atom is -0.496 e. The molecule has 92 valence electrons. The zero-order chi connectivity index (χ0) is 12.4. The molecule has 0 aromatic heterocycles. The van der Waals surface area contributed by atoms with Crippen molar-refractivity contribution in [1.29, 1.82) is 0 Å². The van der Waals surface area contributed by atoms with Gasteiger partial charge < -0.3 is 9.84 Å². The molecule has 0 aliphatic carbocycles. The van der Waals surface area contributed by atoms with E-state index in [2.05, 4.69) is 21.2 Å². The molecule has 4 nitrogen and oxygen atoms in total. The monoisotopic (exact) mass is 317 g/mol. The Kier molecular flexibility index (Phi) is 3.96. The summed E-state index contributed by atoms with van der Waals surface area (Å²) in [6.45, 7) is 0. The van der Waals surface area contributed by atoms with Gasteiger partial charge in [-0.1, -0.05) is 15.9 Å². The summed E-state index contributed by atoms with van der Waals surface area (Å²) in [5, 5.41) is 12.0. The van der Waals surface area contributed by atoms with Crippen molar-refractivity contribution in [2.24, 2.45) is 0 Å². The number of rotatable bonds is 3. The van der Waals surface area contributed by atoms with Gasteiger partial charge in [0.05, 0.1) is 12.5 Å². The molecule has 0 bridgehead atoms. The Labute approximate surface area is 112 Å². The van der Waals surface area contributed by atoms with Crippen molar-refractivity contribution >= 4 is 33.7 Å². The largest absolute Gasteiger partial charge is 0.496 e. The van der Waals surface area contributed by atoms with Gasteiger partial charge in [-0.3, -0.25) is 10.1 Å². The number of carboxylic acid groups (broad SMARTS) is 1. The number of methoxy groups -OCH3 is 1. The molecule has 6 heteroatoms. The predicted octanol–water partition coefficient (Wildman–Crippen LogP) is 2.25. The van der Waals surface area contributed by atoms with E-state index in [1.807, 2.05) is 18.2 Å². The molecule has 0 unspecified atom stereocenters. The maximum Gasteiger partial charge on any atom is 0.321 e. The van der Waals surface area contributed by atoms with Crippen molar-refractivity contribution in [3.05, 3.63) is 28.2 Å². The zero-order valence-electron chi connectivity index (χ0n) is 9.14. The van der Waals surface area contributed by atoms with Gasteiger partial charge in [0.25, 0.3) is 0 Å². The molecule has 2 rings (SSSR count). The van der Waals surface area contributed by atoms with Gasteiger partial charge in [0.2, 0.25) is 0 Å². The number of carboxylic acids is 1. The number of thioether (sulfide) groups is 1. The van der Waals surface area contributed by atoms with Crippen molar-refractivity contribution in [3.8, 4) is 5.75 Å². The van der Waals surface area contributed by atoms with Crippen LogP contribution in [0, 0.1) is 0 Å². The molecule has 0 saturated carbocycles. The highest BCUT2D eigenvalue weighted by molar-refractivity contribution is 9.10. The van der Waals surface area contributed by atoms with Crippen molar-refractivity contribution < 1.29 is 14.6 Å². The number of hydrogen-bond acceptors (Lipinski definition) is 4. The SMILES string of the molecule is COc1ccc(Br)cc1[C@@H]1N[C@@H](C(=O)O)CS1. The first-order valence-corrected chi connectivity index (χ1v) is 6.90. The Hall–Kier alpha value is -0.720. The summed E-state index contributed by atoms with van der Waals surface area (Å²) in [6, 6.07) is 5.23. The third-order valence-corrected chi connectivity index (χ3v) is 4.30. The first kappa shape index (κ1) is 12.7. The zero-order valence-corrected chi connectivity index (χ0v) is 11.5. The van der Waals surface area contributed by atoms with Gasteiger partial charge in [0, 0.05) is 15.8 Å². The van der Waals surface area contributed by atoms with Gasteiger partial charge in [0.15, 0.2) is 0 Å². The second-order valence-corrected chi connectivity index (χ2v) is 5.71. The van der Waals surface area contributed by atoms with E-state index in [-0.39, 0.29) is 5.37 Å². The van der Waals surface area contributed by atoms with Crippen molar-refractivity contribution in [2.75, 3.05) is 12.9 Å². The fourth-order valence-electron chi connectivity index (χ4n) is 1.70. The van der Waals surface area contributed by atoms with Crippen LogP contribution in [0.1, 0.15) is 10.9 Å². The van der Waals surface area contributed by atoms with Crippen LogP contribution in [0.5, 0.6) is 5.75 Å². The molecule has 2 atom stereocenters. The number of halogens is 1. The second-order valence-electron chi connectivity index (χ2n) is 3.66. The quantitative estimate of drug-likeness (QED) is 0.895. The Morgan fingerprint density at radius 2 is 2.41 bits per heavy atom. The Balaban J connectivity index is 2.23. The van der Waals surface area contributed by atoms with Crippen LogP contribution in [0.15, 0.2) is 22.7 Å². The lowest BCUT2D eigenvalue weighted by Gasteiger charge is -2.15. The number of aliphatic carboxylic acids is 1. The average molecular weight is 318 g/mol. The Bertz CT molecular complexity index is 441. The summed E-state index contributed by atoms with van der Waals surface area (Å²) in [6.07, 6.45) is 0. The summed E-state index contributed by atoms with van der Waals surface area (Å²) in [4.78, 5) is 10.9. The third-order valence-electron chi connectivity index (χ3n) is 2.55. The van der Waals surface area contributed by atoms with Crippen LogP contribution in [0.25, 0.3) is 0 Å². The molecule has 1 heterocycles. The highest BCUT2D eigenvalue weighted by Crippen LogP contribution is 2.38. The van der Waals surface area contributed by atoms with E-state index in [0.717, 1.165) is 15.8 Å². The summed E-state index contributed by atoms with van der Waals surface area (Å²) < 4.78 is 6.24. The van der Waals surface area contributed by atoms with E-state index in [9.17, 15) is 4.79 Å².